The molecule has 2 rings (SSSR count). The van der Waals surface area contributed by atoms with Gasteiger partial charge in [-0.25, -0.2) is 9.78 Å². The van der Waals surface area contributed by atoms with E-state index in [-0.39, 0.29) is 11.4 Å². The van der Waals surface area contributed by atoms with Gasteiger partial charge in [-0.2, -0.15) is 0 Å². The van der Waals surface area contributed by atoms with E-state index in [1.54, 1.807) is 6.07 Å². The van der Waals surface area contributed by atoms with E-state index in [1.807, 2.05) is 44.2 Å². The molecule has 1 N–H and O–H groups in total. The quantitative estimate of drug-likeness (QED) is 0.914. The summed E-state index contributed by atoms with van der Waals surface area (Å²) in [5, 5.41) is 9.16. The molecule has 1 heterocycles. The number of aryl methyl sites for hydroxylation is 2. The predicted octanol–water partition coefficient (Wildman–Crippen LogP) is 2.98. The van der Waals surface area contributed by atoms with Gasteiger partial charge in [0, 0.05) is 5.69 Å². The molecule has 0 fully saturated rings. The first-order valence-electron chi connectivity index (χ1n) is 5.96. The summed E-state index contributed by atoms with van der Waals surface area (Å²) in [5.41, 5.74) is 2.68. The summed E-state index contributed by atoms with van der Waals surface area (Å²) in [5.74, 6) is -0.863. The Morgan fingerprint density at radius 2 is 1.95 bits per heavy atom. The third-order valence-electron chi connectivity index (χ3n) is 2.88. The maximum Gasteiger partial charge on any atom is 0.341 e. The topological polar surface area (TPSA) is 59.4 Å². The van der Waals surface area contributed by atoms with E-state index in [9.17, 15) is 4.79 Å². The molecule has 0 radical (unpaired) electrons. The van der Waals surface area contributed by atoms with E-state index >= 15 is 0 Å². The first-order valence-corrected chi connectivity index (χ1v) is 5.96. The maximum absolute atomic E-state index is 11.2. The number of carboxylic acids is 1. The average molecular weight is 257 g/mol. The van der Waals surface area contributed by atoms with E-state index in [1.165, 1.54) is 0 Å². The molecule has 4 heteroatoms. The number of hydrogen-bond donors (Lipinski definition) is 1. The van der Waals surface area contributed by atoms with Crippen molar-refractivity contribution >= 4 is 5.97 Å². The lowest BCUT2D eigenvalue weighted by molar-refractivity contribution is 0.0690. The van der Waals surface area contributed by atoms with Crippen molar-refractivity contribution in [1.29, 1.82) is 0 Å². The number of hydrogen-bond acceptors (Lipinski definition) is 3. The molecule has 0 aliphatic carbocycles. The summed E-state index contributed by atoms with van der Waals surface area (Å²) >= 11 is 0. The van der Waals surface area contributed by atoms with Gasteiger partial charge < -0.3 is 9.84 Å². The number of rotatable bonds is 4. The lowest BCUT2D eigenvalue weighted by atomic mass is 10.1. The van der Waals surface area contributed by atoms with Crippen LogP contribution in [0.5, 0.6) is 5.88 Å². The van der Waals surface area contributed by atoms with Crippen LogP contribution < -0.4 is 4.74 Å². The van der Waals surface area contributed by atoms with Gasteiger partial charge in [0.1, 0.15) is 12.2 Å². The Hall–Kier alpha value is -2.36. The Labute approximate surface area is 111 Å². The second-order valence-electron chi connectivity index (χ2n) is 4.32. The van der Waals surface area contributed by atoms with Gasteiger partial charge in [-0.05, 0) is 31.0 Å². The Morgan fingerprint density at radius 1 is 1.26 bits per heavy atom. The molecule has 2 aromatic rings. The average Bonchev–Trinajstić information content (AvgIpc) is 2.40. The van der Waals surface area contributed by atoms with Crippen molar-refractivity contribution in [2.45, 2.75) is 20.5 Å². The van der Waals surface area contributed by atoms with Crippen LogP contribution in [0.15, 0.2) is 36.4 Å². The highest BCUT2D eigenvalue weighted by molar-refractivity contribution is 5.90. The van der Waals surface area contributed by atoms with Crippen molar-refractivity contribution in [3.05, 3.63) is 58.8 Å². The first kappa shape index (κ1) is 13.1. The van der Waals surface area contributed by atoms with Gasteiger partial charge in [-0.15, -0.1) is 0 Å². The van der Waals surface area contributed by atoms with Gasteiger partial charge >= 0.3 is 5.97 Å². The van der Waals surface area contributed by atoms with Gasteiger partial charge in [0.05, 0.1) is 0 Å². The third kappa shape index (κ3) is 3.10. The molecule has 1 aromatic heterocycles. The summed E-state index contributed by atoms with van der Waals surface area (Å²) in [7, 11) is 0. The summed E-state index contributed by atoms with van der Waals surface area (Å²) in [6.45, 7) is 3.96. The number of nitrogens with zero attached hydrogens (tertiary/aromatic N) is 1. The summed E-state index contributed by atoms with van der Waals surface area (Å²) in [4.78, 5) is 15.4. The number of carbonyl (C=O) groups is 1. The number of ether oxygens (including phenoxy) is 1. The monoisotopic (exact) mass is 257 g/mol. The van der Waals surface area contributed by atoms with Gasteiger partial charge in [0.15, 0.2) is 0 Å². The molecule has 0 unspecified atom stereocenters. The molecule has 19 heavy (non-hydrogen) atoms. The molecule has 4 nitrogen and oxygen atoms in total. The maximum atomic E-state index is 11.2. The molecule has 0 spiro atoms. The van der Waals surface area contributed by atoms with Crippen LogP contribution in [0.1, 0.15) is 27.2 Å². The van der Waals surface area contributed by atoms with Crippen LogP contribution in [-0.4, -0.2) is 16.1 Å². The Morgan fingerprint density at radius 3 is 2.58 bits per heavy atom. The fourth-order valence-electron chi connectivity index (χ4n) is 1.67. The van der Waals surface area contributed by atoms with Crippen LogP contribution in [0.4, 0.5) is 0 Å². The van der Waals surface area contributed by atoms with Crippen molar-refractivity contribution in [3.8, 4) is 5.88 Å². The number of benzene rings is 1. The minimum Gasteiger partial charge on any atom is -0.477 e. The SMILES string of the molecule is Cc1cc(C(=O)O)c(OCc2ccccc2)nc1C. The minimum atomic E-state index is -1.03. The minimum absolute atomic E-state index is 0.0963. The number of pyridine rings is 1. The predicted molar refractivity (Wildman–Crippen MR) is 71.4 cm³/mol. The highest BCUT2D eigenvalue weighted by atomic mass is 16.5. The van der Waals surface area contributed by atoms with Crippen molar-refractivity contribution in [3.63, 3.8) is 0 Å². The number of carboxylic acid groups (broad SMARTS) is 1. The first-order chi connectivity index (χ1) is 9.08. The molecule has 98 valence electrons. The van der Waals surface area contributed by atoms with E-state index in [4.69, 9.17) is 9.84 Å². The lowest BCUT2D eigenvalue weighted by Crippen LogP contribution is -2.07. The highest BCUT2D eigenvalue weighted by Crippen LogP contribution is 2.20. The molecular weight excluding hydrogens is 242 g/mol. The molecule has 0 amide bonds. The normalized spacial score (nSPS) is 10.2. The zero-order chi connectivity index (χ0) is 13.8. The van der Waals surface area contributed by atoms with E-state index in [2.05, 4.69) is 4.98 Å². The zero-order valence-corrected chi connectivity index (χ0v) is 10.9. The van der Waals surface area contributed by atoms with Crippen molar-refractivity contribution < 1.29 is 14.6 Å². The second kappa shape index (κ2) is 5.52. The molecule has 1 aromatic carbocycles. The molecule has 0 atom stereocenters. The fraction of sp³-hybridized carbons (Fsp3) is 0.200. The van der Waals surface area contributed by atoms with Crippen LogP contribution in [0, 0.1) is 13.8 Å². The van der Waals surface area contributed by atoms with Gasteiger partial charge in [0.2, 0.25) is 5.88 Å². The standard InChI is InChI=1S/C15H15NO3/c1-10-8-13(15(17)18)14(16-11(10)2)19-9-12-6-4-3-5-7-12/h3-8H,9H2,1-2H3,(H,17,18). The smallest absolute Gasteiger partial charge is 0.341 e. The summed E-state index contributed by atoms with van der Waals surface area (Å²) in [6, 6.07) is 11.2. The number of aromatic nitrogens is 1. The van der Waals surface area contributed by atoms with E-state index in [0.717, 1.165) is 16.8 Å². The van der Waals surface area contributed by atoms with Crippen molar-refractivity contribution in [1.82, 2.24) is 4.98 Å². The summed E-state index contributed by atoms with van der Waals surface area (Å²) < 4.78 is 5.53. The molecular formula is C15H15NO3. The zero-order valence-electron chi connectivity index (χ0n) is 10.9. The van der Waals surface area contributed by atoms with Crippen LogP contribution in [0.2, 0.25) is 0 Å². The van der Waals surface area contributed by atoms with Crippen LogP contribution in [-0.2, 0) is 6.61 Å². The summed E-state index contributed by atoms with van der Waals surface area (Å²) in [6.07, 6.45) is 0. The molecule has 0 aliphatic rings. The molecule has 0 bridgehead atoms. The Bertz CT molecular complexity index is 594. The van der Waals surface area contributed by atoms with Crippen LogP contribution in [0.3, 0.4) is 0 Å². The van der Waals surface area contributed by atoms with Crippen molar-refractivity contribution in [2.75, 3.05) is 0 Å². The van der Waals surface area contributed by atoms with Gasteiger partial charge in [0.25, 0.3) is 0 Å². The largest absolute Gasteiger partial charge is 0.477 e. The van der Waals surface area contributed by atoms with Crippen molar-refractivity contribution in [2.24, 2.45) is 0 Å². The number of aromatic carboxylic acids is 1. The van der Waals surface area contributed by atoms with E-state index in [0.29, 0.717) is 6.61 Å². The molecule has 0 saturated heterocycles. The Balaban J connectivity index is 2.24. The van der Waals surface area contributed by atoms with E-state index < -0.39 is 5.97 Å². The van der Waals surface area contributed by atoms with Crippen LogP contribution in [0.25, 0.3) is 0 Å². The van der Waals surface area contributed by atoms with Crippen LogP contribution >= 0.6 is 0 Å². The highest BCUT2D eigenvalue weighted by Gasteiger charge is 2.15. The Kier molecular flexibility index (Phi) is 3.80. The third-order valence-corrected chi connectivity index (χ3v) is 2.88. The molecule has 0 aliphatic heterocycles. The van der Waals surface area contributed by atoms with Gasteiger partial charge in [-0.3, -0.25) is 0 Å². The molecule has 0 saturated carbocycles. The lowest BCUT2D eigenvalue weighted by Gasteiger charge is -2.10. The second-order valence-corrected chi connectivity index (χ2v) is 4.32. The van der Waals surface area contributed by atoms with Gasteiger partial charge in [-0.1, -0.05) is 30.3 Å². The fourth-order valence-corrected chi connectivity index (χ4v) is 1.67.